The fraction of sp³-hybridized carbons (Fsp3) is 0.250. The van der Waals surface area contributed by atoms with E-state index in [0.717, 1.165) is 12.1 Å². The monoisotopic (exact) mass is 412 g/mol. The second-order valence-corrected chi connectivity index (χ2v) is 7.56. The van der Waals surface area contributed by atoms with E-state index in [2.05, 4.69) is 37.5 Å². The predicted molar refractivity (Wildman–Crippen MR) is 122 cm³/mol. The van der Waals surface area contributed by atoms with Crippen molar-refractivity contribution in [1.29, 1.82) is 5.26 Å². The molecule has 1 fully saturated rings. The van der Waals surface area contributed by atoms with Crippen LogP contribution in [0.15, 0.2) is 64.5 Å². The first-order valence-corrected chi connectivity index (χ1v) is 10.4. The van der Waals surface area contributed by atoms with Gasteiger partial charge < -0.3 is 0 Å². The van der Waals surface area contributed by atoms with E-state index in [-0.39, 0.29) is 11.5 Å². The van der Waals surface area contributed by atoms with Crippen LogP contribution in [0.3, 0.4) is 0 Å². The van der Waals surface area contributed by atoms with Gasteiger partial charge in [0.1, 0.15) is 11.6 Å². The third-order valence-electron chi connectivity index (χ3n) is 5.30. The molecule has 0 radical (unpaired) electrons. The highest BCUT2D eigenvalue weighted by Gasteiger charge is 2.13. The molecular formula is C24H24N6O. The summed E-state index contributed by atoms with van der Waals surface area (Å²) in [6, 6.07) is 19.4. The van der Waals surface area contributed by atoms with E-state index in [0.29, 0.717) is 11.3 Å². The summed E-state index contributed by atoms with van der Waals surface area (Å²) in [5, 5.41) is 13.5. The number of anilines is 1. The van der Waals surface area contributed by atoms with Crippen LogP contribution in [0.5, 0.6) is 0 Å². The van der Waals surface area contributed by atoms with Crippen molar-refractivity contribution in [3.05, 3.63) is 81.6 Å². The van der Waals surface area contributed by atoms with Crippen LogP contribution in [-0.4, -0.2) is 34.2 Å². The van der Waals surface area contributed by atoms with Crippen LogP contribution >= 0.6 is 0 Å². The maximum atomic E-state index is 12.3. The van der Waals surface area contributed by atoms with Gasteiger partial charge >= 0.3 is 0 Å². The van der Waals surface area contributed by atoms with Gasteiger partial charge in [-0.15, -0.1) is 0 Å². The van der Waals surface area contributed by atoms with E-state index >= 15 is 0 Å². The Labute approximate surface area is 181 Å². The number of hydrogen-bond donors (Lipinski definition) is 2. The highest BCUT2D eigenvalue weighted by Crippen LogP contribution is 2.19. The van der Waals surface area contributed by atoms with Crippen molar-refractivity contribution in [3.63, 3.8) is 0 Å². The van der Waals surface area contributed by atoms with Gasteiger partial charge in [0.2, 0.25) is 5.95 Å². The molecule has 3 aromatic rings. The summed E-state index contributed by atoms with van der Waals surface area (Å²) in [4.78, 5) is 21.7. The van der Waals surface area contributed by atoms with Gasteiger partial charge in [0, 0.05) is 12.1 Å². The number of aromatic nitrogens is 2. The number of hydrazone groups is 1. The molecule has 0 unspecified atom stereocenters. The zero-order valence-electron chi connectivity index (χ0n) is 17.2. The number of H-pyrrole nitrogens is 1. The van der Waals surface area contributed by atoms with Gasteiger partial charge in [-0.3, -0.25) is 14.7 Å². The van der Waals surface area contributed by atoms with Gasteiger partial charge in [0.25, 0.3) is 5.56 Å². The summed E-state index contributed by atoms with van der Waals surface area (Å²) in [6.45, 7) is 3.33. The van der Waals surface area contributed by atoms with Crippen LogP contribution in [-0.2, 0) is 6.54 Å². The maximum absolute atomic E-state index is 12.3. The van der Waals surface area contributed by atoms with Gasteiger partial charge in [-0.25, -0.2) is 10.4 Å². The zero-order chi connectivity index (χ0) is 21.5. The SMILES string of the molecule is N#Cc1c(-c2ccccc2)nc(NN=Cc2ccc(CN3CCCCC3)cc2)[nH]c1=O. The standard InChI is InChI=1S/C24H24N6O/c25-15-21-22(20-7-3-1-4-8-20)27-24(28-23(21)31)29-26-16-18-9-11-19(12-10-18)17-30-13-5-2-6-14-30/h1,3-4,7-12,16H,2,5-6,13-14,17H2,(H2,27,28,29,31). The highest BCUT2D eigenvalue weighted by molar-refractivity contribution is 5.80. The fourth-order valence-corrected chi connectivity index (χ4v) is 3.69. The molecule has 0 atom stereocenters. The first-order chi connectivity index (χ1) is 15.2. The second kappa shape index (κ2) is 9.83. The van der Waals surface area contributed by atoms with Gasteiger partial charge in [0.15, 0.2) is 0 Å². The predicted octanol–water partition coefficient (Wildman–Crippen LogP) is 3.74. The molecule has 0 amide bonds. The summed E-state index contributed by atoms with van der Waals surface area (Å²) in [5.41, 5.74) is 5.48. The lowest BCUT2D eigenvalue weighted by molar-refractivity contribution is 0.221. The van der Waals surface area contributed by atoms with E-state index in [1.807, 2.05) is 36.4 Å². The van der Waals surface area contributed by atoms with E-state index in [1.54, 1.807) is 18.3 Å². The Bertz CT molecular complexity index is 1140. The van der Waals surface area contributed by atoms with Gasteiger partial charge in [0.05, 0.1) is 11.9 Å². The van der Waals surface area contributed by atoms with Gasteiger partial charge in [-0.1, -0.05) is 61.0 Å². The number of likely N-dealkylation sites (tertiary alicyclic amines) is 1. The number of aromatic amines is 1. The molecule has 2 N–H and O–H groups in total. The average molecular weight is 412 g/mol. The molecule has 0 spiro atoms. The van der Waals surface area contributed by atoms with E-state index in [4.69, 9.17) is 0 Å². The Kier molecular flexibility index (Phi) is 6.50. The molecule has 1 aliphatic heterocycles. The van der Waals surface area contributed by atoms with Crippen LogP contribution in [0.2, 0.25) is 0 Å². The Morgan fingerprint density at radius 3 is 2.55 bits per heavy atom. The number of piperidine rings is 1. The van der Waals surface area contributed by atoms with Crippen molar-refractivity contribution in [3.8, 4) is 17.3 Å². The number of nitriles is 1. The zero-order valence-corrected chi connectivity index (χ0v) is 17.2. The van der Waals surface area contributed by atoms with Crippen LogP contribution in [0, 0.1) is 11.3 Å². The molecule has 31 heavy (non-hydrogen) atoms. The lowest BCUT2D eigenvalue weighted by atomic mass is 10.1. The molecule has 7 nitrogen and oxygen atoms in total. The van der Waals surface area contributed by atoms with Crippen LogP contribution in [0.1, 0.15) is 36.0 Å². The number of rotatable bonds is 6. The quantitative estimate of drug-likeness (QED) is 0.475. The molecular weight excluding hydrogens is 388 g/mol. The number of hydrogen-bond acceptors (Lipinski definition) is 6. The molecule has 2 aromatic carbocycles. The second-order valence-electron chi connectivity index (χ2n) is 7.56. The highest BCUT2D eigenvalue weighted by atomic mass is 16.1. The molecule has 0 saturated carbocycles. The lowest BCUT2D eigenvalue weighted by Crippen LogP contribution is -2.29. The number of nitrogens with zero attached hydrogens (tertiary/aromatic N) is 4. The minimum Gasteiger partial charge on any atom is -0.299 e. The Morgan fingerprint density at radius 2 is 1.84 bits per heavy atom. The van der Waals surface area contributed by atoms with E-state index in [1.165, 1.54) is 37.9 Å². The molecule has 156 valence electrons. The maximum Gasteiger partial charge on any atom is 0.270 e. The molecule has 4 rings (SSSR count). The van der Waals surface area contributed by atoms with Crippen molar-refractivity contribution in [2.24, 2.45) is 5.10 Å². The van der Waals surface area contributed by atoms with Crippen molar-refractivity contribution in [1.82, 2.24) is 14.9 Å². The average Bonchev–Trinajstić information content (AvgIpc) is 2.81. The van der Waals surface area contributed by atoms with E-state index in [9.17, 15) is 10.1 Å². The molecule has 7 heteroatoms. The molecule has 1 aliphatic rings. The van der Waals surface area contributed by atoms with Crippen molar-refractivity contribution < 1.29 is 0 Å². The Morgan fingerprint density at radius 1 is 1.10 bits per heavy atom. The number of benzene rings is 2. The first kappa shape index (κ1) is 20.5. The van der Waals surface area contributed by atoms with Crippen molar-refractivity contribution in [2.45, 2.75) is 25.8 Å². The molecule has 2 heterocycles. The third-order valence-corrected chi connectivity index (χ3v) is 5.30. The van der Waals surface area contributed by atoms with E-state index < -0.39 is 5.56 Å². The summed E-state index contributed by atoms with van der Waals surface area (Å²) in [7, 11) is 0. The summed E-state index contributed by atoms with van der Waals surface area (Å²) in [5.74, 6) is 0.181. The summed E-state index contributed by atoms with van der Waals surface area (Å²) < 4.78 is 0. The number of nitrogens with one attached hydrogen (secondary N) is 2. The molecule has 0 aliphatic carbocycles. The van der Waals surface area contributed by atoms with Crippen molar-refractivity contribution in [2.75, 3.05) is 18.5 Å². The summed E-state index contributed by atoms with van der Waals surface area (Å²) >= 11 is 0. The van der Waals surface area contributed by atoms with Crippen LogP contribution < -0.4 is 11.0 Å². The normalized spacial score (nSPS) is 14.4. The van der Waals surface area contributed by atoms with Gasteiger partial charge in [-0.2, -0.15) is 10.4 Å². The lowest BCUT2D eigenvalue weighted by Gasteiger charge is -2.26. The third kappa shape index (κ3) is 5.24. The van der Waals surface area contributed by atoms with Gasteiger partial charge in [-0.05, 0) is 37.1 Å². The van der Waals surface area contributed by atoms with Crippen LogP contribution in [0.4, 0.5) is 5.95 Å². The minimum absolute atomic E-state index is 0.0231. The Balaban J connectivity index is 1.44. The van der Waals surface area contributed by atoms with Crippen LogP contribution in [0.25, 0.3) is 11.3 Å². The van der Waals surface area contributed by atoms with Crippen molar-refractivity contribution >= 4 is 12.2 Å². The molecule has 1 aromatic heterocycles. The fourth-order valence-electron chi connectivity index (χ4n) is 3.69. The largest absolute Gasteiger partial charge is 0.299 e. The Hall–Kier alpha value is -3.76. The first-order valence-electron chi connectivity index (χ1n) is 10.4. The molecule has 1 saturated heterocycles. The smallest absolute Gasteiger partial charge is 0.270 e. The topological polar surface area (TPSA) is 97.2 Å². The minimum atomic E-state index is -0.504. The summed E-state index contributed by atoms with van der Waals surface area (Å²) in [6.07, 6.45) is 5.58. The molecule has 0 bridgehead atoms.